The van der Waals surface area contributed by atoms with Gasteiger partial charge in [-0.25, -0.2) is 0 Å². The van der Waals surface area contributed by atoms with Crippen molar-refractivity contribution in [2.75, 3.05) is 6.54 Å². The summed E-state index contributed by atoms with van der Waals surface area (Å²) < 4.78 is 0. The van der Waals surface area contributed by atoms with E-state index in [4.69, 9.17) is 5.11 Å². The molecule has 1 heterocycles. The topological polar surface area (TPSA) is 78.4 Å². The maximum Gasteiger partial charge on any atom is 0.305 e. The lowest BCUT2D eigenvalue weighted by atomic mass is 9.74. The van der Waals surface area contributed by atoms with Crippen LogP contribution in [0.5, 0.6) is 0 Å². The highest BCUT2D eigenvalue weighted by Gasteiger charge is 2.41. The Bertz CT molecular complexity index is 307. The maximum atomic E-state index is 12.0. The second kappa shape index (κ2) is 5.04. The fourth-order valence-electron chi connectivity index (χ4n) is 2.66. The summed E-state index contributed by atoms with van der Waals surface area (Å²) in [5, 5.41) is 15.0. The standard InChI is InChI=1S/C12H20N2O3/c15-10(16)8-12(5-3-6-12)14-11(17)9-4-1-2-7-13-9/h9,13H,1-8H2,(H,14,17)(H,15,16). The molecule has 5 heteroatoms. The smallest absolute Gasteiger partial charge is 0.305 e. The zero-order chi connectivity index (χ0) is 12.3. The number of carbonyl (C=O) groups excluding carboxylic acids is 1. The highest BCUT2D eigenvalue weighted by molar-refractivity contribution is 5.83. The number of aliphatic carboxylic acids is 1. The van der Waals surface area contributed by atoms with Crippen molar-refractivity contribution in [1.29, 1.82) is 0 Å². The third-order valence-electron chi connectivity index (χ3n) is 3.82. The number of hydrogen-bond acceptors (Lipinski definition) is 3. The van der Waals surface area contributed by atoms with E-state index in [0.717, 1.165) is 45.1 Å². The highest BCUT2D eigenvalue weighted by atomic mass is 16.4. The van der Waals surface area contributed by atoms with Gasteiger partial charge < -0.3 is 15.7 Å². The molecule has 1 atom stereocenters. The van der Waals surface area contributed by atoms with Crippen molar-refractivity contribution in [2.24, 2.45) is 0 Å². The van der Waals surface area contributed by atoms with Gasteiger partial charge in [-0.3, -0.25) is 9.59 Å². The Morgan fingerprint density at radius 1 is 1.29 bits per heavy atom. The first kappa shape index (κ1) is 12.4. The van der Waals surface area contributed by atoms with Gasteiger partial charge in [0.1, 0.15) is 0 Å². The molecule has 3 N–H and O–H groups in total. The Kier molecular flexibility index (Phi) is 3.66. The molecule has 1 saturated carbocycles. The van der Waals surface area contributed by atoms with Gasteiger partial charge in [-0.2, -0.15) is 0 Å². The molecule has 1 aliphatic heterocycles. The van der Waals surface area contributed by atoms with E-state index in [1.807, 2.05) is 0 Å². The molecule has 0 radical (unpaired) electrons. The van der Waals surface area contributed by atoms with Crippen molar-refractivity contribution in [3.05, 3.63) is 0 Å². The van der Waals surface area contributed by atoms with Gasteiger partial charge >= 0.3 is 5.97 Å². The number of carboxylic acids is 1. The molecule has 2 rings (SSSR count). The Morgan fingerprint density at radius 2 is 2.06 bits per heavy atom. The van der Waals surface area contributed by atoms with Gasteiger partial charge in [0.25, 0.3) is 0 Å². The van der Waals surface area contributed by atoms with Crippen LogP contribution in [0.15, 0.2) is 0 Å². The van der Waals surface area contributed by atoms with E-state index >= 15 is 0 Å². The normalized spacial score (nSPS) is 26.9. The van der Waals surface area contributed by atoms with Crippen molar-refractivity contribution in [2.45, 2.75) is 56.5 Å². The summed E-state index contributed by atoms with van der Waals surface area (Å²) in [7, 11) is 0. The van der Waals surface area contributed by atoms with E-state index in [0.29, 0.717) is 0 Å². The number of rotatable bonds is 4. The molecule has 0 bridgehead atoms. The first-order valence-corrected chi connectivity index (χ1v) is 6.39. The average molecular weight is 240 g/mol. The molecule has 1 aliphatic carbocycles. The van der Waals surface area contributed by atoms with Crippen LogP contribution in [0.25, 0.3) is 0 Å². The minimum Gasteiger partial charge on any atom is -0.481 e. The van der Waals surface area contributed by atoms with Gasteiger partial charge in [-0.1, -0.05) is 6.42 Å². The molecule has 1 unspecified atom stereocenters. The number of carboxylic acid groups (broad SMARTS) is 1. The largest absolute Gasteiger partial charge is 0.481 e. The number of carbonyl (C=O) groups is 2. The van der Waals surface area contributed by atoms with E-state index < -0.39 is 11.5 Å². The van der Waals surface area contributed by atoms with Gasteiger partial charge in [-0.05, 0) is 38.6 Å². The second-order valence-electron chi connectivity index (χ2n) is 5.20. The van der Waals surface area contributed by atoms with Crippen molar-refractivity contribution in [3.63, 3.8) is 0 Å². The summed E-state index contributed by atoms with van der Waals surface area (Å²) in [4.78, 5) is 22.8. The molecule has 2 fully saturated rings. The molecule has 2 aliphatic rings. The third kappa shape index (κ3) is 2.97. The summed E-state index contributed by atoms with van der Waals surface area (Å²) in [5.41, 5.74) is -0.470. The minimum atomic E-state index is -0.832. The van der Waals surface area contributed by atoms with Crippen LogP contribution >= 0.6 is 0 Å². The fourth-order valence-corrected chi connectivity index (χ4v) is 2.66. The van der Waals surface area contributed by atoms with Gasteiger partial charge in [0.2, 0.25) is 5.91 Å². The monoisotopic (exact) mass is 240 g/mol. The predicted octanol–water partition coefficient (Wildman–Crippen LogP) is 0.642. The molecule has 17 heavy (non-hydrogen) atoms. The van der Waals surface area contributed by atoms with Crippen molar-refractivity contribution in [1.82, 2.24) is 10.6 Å². The fraction of sp³-hybridized carbons (Fsp3) is 0.833. The van der Waals surface area contributed by atoms with Crippen LogP contribution in [-0.4, -0.2) is 35.1 Å². The third-order valence-corrected chi connectivity index (χ3v) is 3.82. The summed E-state index contributed by atoms with van der Waals surface area (Å²) in [5.74, 6) is -0.854. The highest BCUT2D eigenvalue weighted by Crippen LogP contribution is 2.35. The molecular formula is C12H20N2O3. The molecular weight excluding hydrogens is 220 g/mol. The SMILES string of the molecule is O=C(O)CC1(NC(=O)C2CCCCN2)CCC1. The van der Waals surface area contributed by atoms with Crippen LogP contribution in [0, 0.1) is 0 Å². The van der Waals surface area contributed by atoms with Crippen molar-refractivity contribution >= 4 is 11.9 Å². The van der Waals surface area contributed by atoms with E-state index in [1.54, 1.807) is 0 Å². The Labute approximate surface area is 101 Å². The lowest BCUT2D eigenvalue weighted by Gasteiger charge is -2.42. The Hall–Kier alpha value is -1.10. The molecule has 5 nitrogen and oxygen atoms in total. The molecule has 1 saturated heterocycles. The van der Waals surface area contributed by atoms with E-state index in [9.17, 15) is 9.59 Å². The zero-order valence-electron chi connectivity index (χ0n) is 10.00. The van der Waals surface area contributed by atoms with Crippen LogP contribution < -0.4 is 10.6 Å². The molecule has 0 spiro atoms. The average Bonchev–Trinajstić information content (AvgIpc) is 2.26. The Morgan fingerprint density at radius 3 is 2.53 bits per heavy atom. The van der Waals surface area contributed by atoms with E-state index in [-0.39, 0.29) is 18.4 Å². The Balaban J connectivity index is 1.89. The molecule has 0 aromatic carbocycles. The van der Waals surface area contributed by atoms with Crippen molar-refractivity contribution in [3.8, 4) is 0 Å². The van der Waals surface area contributed by atoms with E-state index in [1.165, 1.54) is 0 Å². The summed E-state index contributed by atoms with van der Waals surface area (Å²) >= 11 is 0. The lowest BCUT2D eigenvalue weighted by molar-refractivity contribution is -0.140. The van der Waals surface area contributed by atoms with Gasteiger partial charge in [-0.15, -0.1) is 0 Å². The summed E-state index contributed by atoms with van der Waals surface area (Å²) in [6, 6.07) is -0.130. The second-order valence-corrected chi connectivity index (χ2v) is 5.20. The van der Waals surface area contributed by atoms with Crippen molar-refractivity contribution < 1.29 is 14.7 Å². The quantitative estimate of drug-likeness (QED) is 0.674. The number of amides is 1. The zero-order valence-corrected chi connectivity index (χ0v) is 10.00. The van der Waals surface area contributed by atoms with Crippen LogP contribution in [-0.2, 0) is 9.59 Å². The maximum absolute atomic E-state index is 12.0. The first-order valence-electron chi connectivity index (χ1n) is 6.39. The lowest BCUT2D eigenvalue weighted by Crippen LogP contribution is -2.59. The van der Waals surface area contributed by atoms with Gasteiger partial charge in [0.15, 0.2) is 0 Å². The number of piperidine rings is 1. The summed E-state index contributed by atoms with van der Waals surface area (Å²) in [6.45, 7) is 0.879. The van der Waals surface area contributed by atoms with Crippen LogP contribution in [0.3, 0.4) is 0 Å². The summed E-state index contributed by atoms with van der Waals surface area (Å²) in [6.07, 6.45) is 5.67. The molecule has 1 amide bonds. The minimum absolute atomic E-state index is 0.0225. The van der Waals surface area contributed by atoms with Gasteiger partial charge in [0.05, 0.1) is 18.0 Å². The first-order chi connectivity index (χ1) is 8.11. The molecule has 0 aromatic rings. The van der Waals surface area contributed by atoms with Crippen LogP contribution in [0.2, 0.25) is 0 Å². The van der Waals surface area contributed by atoms with Gasteiger partial charge in [0, 0.05) is 0 Å². The van der Waals surface area contributed by atoms with E-state index in [2.05, 4.69) is 10.6 Å². The number of nitrogens with one attached hydrogen (secondary N) is 2. The number of hydrogen-bond donors (Lipinski definition) is 3. The van der Waals surface area contributed by atoms with Crippen LogP contribution in [0.4, 0.5) is 0 Å². The predicted molar refractivity (Wildman–Crippen MR) is 62.6 cm³/mol. The molecule has 0 aromatic heterocycles. The van der Waals surface area contributed by atoms with Crippen LogP contribution in [0.1, 0.15) is 44.9 Å². The molecule has 96 valence electrons.